The molecule has 3 heterocycles. The monoisotopic (exact) mass is 349 g/mol. The molecule has 0 spiro atoms. The van der Waals surface area contributed by atoms with Gasteiger partial charge in [0.2, 0.25) is 0 Å². The minimum absolute atomic E-state index is 0.195. The molecule has 0 radical (unpaired) electrons. The molecule has 6 nitrogen and oxygen atoms in total. The second-order valence-corrected chi connectivity index (χ2v) is 7.06. The van der Waals surface area contributed by atoms with Gasteiger partial charge in [-0.15, -0.1) is 10.2 Å². The lowest BCUT2D eigenvalue weighted by Gasteiger charge is -2.30. The zero-order valence-corrected chi connectivity index (χ0v) is 15.1. The van der Waals surface area contributed by atoms with Gasteiger partial charge >= 0.3 is 0 Å². The van der Waals surface area contributed by atoms with Gasteiger partial charge in [0.25, 0.3) is 0 Å². The molecule has 6 heteroatoms. The van der Waals surface area contributed by atoms with Gasteiger partial charge in [-0.05, 0) is 63.2 Å². The van der Waals surface area contributed by atoms with Gasteiger partial charge in [0.15, 0.2) is 5.82 Å². The predicted octanol–water partition coefficient (Wildman–Crippen LogP) is 3.21. The molecule has 0 saturated carbocycles. The van der Waals surface area contributed by atoms with Crippen molar-refractivity contribution in [1.82, 2.24) is 20.1 Å². The van der Waals surface area contributed by atoms with E-state index in [4.69, 9.17) is 0 Å². The largest absolute Gasteiger partial charge is 0.507 e. The Bertz CT molecular complexity index is 943. The molecule has 1 unspecified atom stereocenters. The molecule has 2 aromatic heterocycles. The summed E-state index contributed by atoms with van der Waals surface area (Å²) >= 11 is 0. The Morgan fingerprint density at radius 3 is 2.92 bits per heavy atom. The lowest BCUT2D eigenvalue weighted by Crippen LogP contribution is -2.40. The van der Waals surface area contributed by atoms with E-state index in [0.29, 0.717) is 17.3 Å². The van der Waals surface area contributed by atoms with Gasteiger partial charge in [0.05, 0.1) is 0 Å². The van der Waals surface area contributed by atoms with Crippen molar-refractivity contribution in [3.63, 3.8) is 0 Å². The first kappa shape index (κ1) is 16.7. The van der Waals surface area contributed by atoms with Crippen LogP contribution in [0.15, 0.2) is 36.5 Å². The normalized spacial score (nSPS) is 18.2. The van der Waals surface area contributed by atoms with Crippen LogP contribution in [0.3, 0.4) is 0 Å². The topological polar surface area (TPSA) is 74.2 Å². The smallest absolute Gasteiger partial charge is 0.158 e. The summed E-state index contributed by atoms with van der Waals surface area (Å²) in [7, 11) is 2.14. The summed E-state index contributed by atoms with van der Waals surface area (Å²) in [4.78, 5) is 6.85. The molecule has 0 amide bonds. The van der Waals surface area contributed by atoms with Crippen molar-refractivity contribution >= 4 is 16.7 Å². The SMILES string of the molecule is Cc1ccc(-c2nnc(NC3CCCN(C)C3)c3cccnc23)c(O)c1. The molecule has 1 aromatic carbocycles. The molecule has 1 aliphatic rings. The molecule has 0 bridgehead atoms. The fourth-order valence-corrected chi connectivity index (χ4v) is 3.59. The number of phenolic OH excluding ortho intramolecular Hbond substituents is 1. The number of phenols is 1. The first-order chi connectivity index (χ1) is 12.6. The number of piperidine rings is 1. The molecular formula is C20H23N5O. The van der Waals surface area contributed by atoms with Crippen LogP contribution in [-0.4, -0.2) is 51.4 Å². The number of hydrogen-bond acceptors (Lipinski definition) is 6. The van der Waals surface area contributed by atoms with Crippen molar-refractivity contribution in [3.8, 4) is 17.0 Å². The fraction of sp³-hybridized carbons (Fsp3) is 0.350. The first-order valence-corrected chi connectivity index (χ1v) is 8.98. The number of hydrogen-bond donors (Lipinski definition) is 2. The van der Waals surface area contributed by atoms with E-state index < -0.39 is 0 Å². The number of pyridine rings is 1. The number of aromatic nitrogens is 3. The third kappa shape index (κ3) is 3.20. The van der Waals surface area contributed by atoms with Crippen LogP contribution in [0.1, 0.15) is 18.4 Å². The van der Waals surface area contributed by atoms with E-state index in [1.807, 2.05) is 31.2 Å². The zero-order valence-electron chi connectivity index (χ0n) is 15.1. The summed E-state index contributed by atoms with van der Waals surface area (Å²) in [6, 6.07) is 9.81. The Labute approximate surface area is 152 Å². The molecule has 26 heavy (non-hydrogen) atoms. The van der Waals surface area contributed by atoms with E-state index in [-0.39, 0.29) is 5.75 Å². The summed E-state index contributed by atoms with van der Waals surface area (Å²) in [5.74, 6) is 0.949. The third-order valence-corrected chi connectivity index (χ3v) is 4.91. The van der Waals surface area contributed by atoms with E-state index in [2.05, 4.69) is 32.4 Å². The van der Waals surface area contributed by atoms with Crippen molar-refractivity contribution in [1.29, 1.82) is 0 Å². The standard InChI is InChI=1S/C20H23N5O/c1-13-7-8-15(17(26)11-13)19-18-16(6-3-9-21-18)20(24-23-19)22-14-5-4-10-25(2)12-14/h3,6-9,11,14,26H,4-5,10,12H2,1-2H3,(H,22,24). The van der Waals surface area contributed by atoms with Gasteiger partial charge in [-0.2, -0.15) is 0 Å². The number of rotatable bonds is 3. The lowest BCUT2D eigenvalue weighted by atomic mass is 10.0. The van der Waals surface area contributed by atoms with Crippen LogP contribution in [0.4, 0.5) is 5.82 Å². The summed E-state index contributed by atoms with van der Waals surface area (Å²) in [5.41, 5.74) is 2.99. The molecule has 1 aliphatic heterocycles. The van der Waals surface area contributed by atoms with E-state index >= 15 is 0 Å². The van der Waals surface area contributed by atoms with Crippen molar-refractivity contribution in [2.75, 3.05) is 25.5 Å². The molecule has 4 rings (SSSR count). The second-order valence-electron chi connectivity index (χ2n) is 7.06. The van der Waals surface area contributed by atoms with Gasteiger partial charge in [-0.1, -0.05) is 6.07 Å². The summed E-state index contributed by atoms with van der Waals surface area (Å²) in [5, 5.41) is 23.6. The van der Waals surface area contributed by atoms with E-state index in [1.165, 1.54) is 6.42 Å². The number of aryl methyl sites for hydroxylation is 1. The van der Waals surface area contributed by atoms with Crippen molar-refractivity contribution in [2.45, 2.75) is 25.8 Å². The number of fused-ring (bicyclic) bond motifs is 1. The van der Waals surface area contributed by atoms with Crippen LogP contribution >= 0.6 is 0 Å². The first-order valence-electron chi connectivity index (χ1n) is 8.98. The number of likely N-dealkylation sites (tertiary alicyclic amines) is 1. The molecule has 2 N–H and O–H groups in total. The van der Waals surface area contributed by atoms with Gasteiger partial charge in [-0.3, -0.25) is 4.98 Å². The fourth-order valence-electron chi connectivity index (χ4n) is 3.59. The number of nitrogens with one attached hydrogen (secondary N) is 1. The highest BCUT2D eigenvalue weighted by molar-refractivity contribution is 5.98. The Kier molecular flexibility index (Phi) is 4.42. The number of aromatic hydroxyl groups is 1. The lowest BCUT2D eigenvalue weighted by molar-refractivity contribution is 0.261. The van der Waals surface area contributed by atoms with Crippen LogP contribution in [0.25, 0.3) is 22.2 Å². The number of anilines is 1. The highest BCUT2D eigenvalue weighted by atomic mass is 16.3. The van der Waals surface area contributed by atoms with Crippen molar-refractivity contribution in [2.24, 2.45) is 0 Å². The Hall–Kier alpha value is -2.73. The minimum Gasteiger partial charge on any atom is -0.507 e. The van der Waals surface area contributed by atoms with Gasteiger partial charge < -0.3 is 15.3 Å². The van der Waals surface area contributed by atoms with Crippen LogP contribution in [0, 0.1) is 6.92 Å². The summed E-state index contributed by atoms with van der Waals surface area (Å²) in [6.07, 6.45) is 4.04. The average Bonchev–Trinajstić information content (AvgIpc) is 2.63. The quantitative estimate of drug-likeness (QED) is 0.756. The summed E-state index contributed by atoms with van der Waals surface area (Å²) in [6.45, 7) is 4.07. The van der Waals surface area contributed by atoms with Gasteiger partial charge in [0, 0.05) is 29.7 Å². The molecule has 1 saturated heterocycles. The van der Waals surface area contributed by atoms with Crippen LogP contribution in [0.5, 0.6) is 5.75 Å². The molecule has 0 aliphatic carbocycles. The Balaban J connectivity index is 1.76. The van der Waals surface area contributed by atoms with E-state index in [9.17, 15) is 5.11 Å². The highest BCUT2D eigenvalue weighted by Crippen LogP contribution is 2.34. The van der Waals surface area contributed by atoms with Gasteiger partial charge in [0.1, 0.15) is 17.0 Å². The molecule has 1 fully saturated rings. The van der Waals surface area contributed by atoms with Crippen LogP contribution < -0.4 is 5.32 Å². The van der Waals surface area contributed by atoms with Crippen LogP contribution in [0.2, 0.25) is 0 Å². The Morgan fingerprint density at radius 1 is 1.23 bits per heavy atom. The predicted molar refractivity (Wildman–Crippen MR) is 103 cm³/mol. The average molecular weight is 349 g/mol. The molecule has 1 atom stereocenters. The number of benzene rings is 1. The zero-order chi connectivity index (χ0) is 18.1. The van der Waals surface area contributed by atoms with Gasteiger partial charge in [-0.25, -0.2) is 0 Å². The molecule has 134 valence electrons. The molecule has 3 aromatic rings. The molecular weight excluding hydrogens is 326 g/mol. The minimum atomic E-state index is 0.195. The maximum atomic E-state index is 10.3. The maximum Gasteiger partial charge on any atom is 0.158 e. The van der Waals surface area contributed by atoms with Crippen LogP contribution in [-0.2, 0) is 0 Å². The number of likely N-dealkylation sites (N-methyl/N-ethyl adjacent to an activating group) is 1. The summed E-state index contributed by atoms with van der Waals surface area (Å²) < 4.78 is 0. The third-order valence-electron chi connectivity index (χ3n) is 4.91. The Morgan fingerprint density at radius 2 is 2.12 bits per heavy atom. The van der Waals surface area contributed by atoms with E-state index in [0.717, 1.165) is 41.8 Å². The number of nitrogens with zero attached hydrogens (tertiary/aromatic N) is 4. The van der Waals surface area contributed by atoms with Crippen molar-refractivity contribution < 1.29 is 5.11 Å². The van der Waals surface area contributed by atoms with E-state index in [1.54, 1.807) is 12.3 Å². The van der Waals surface area contributed by atoms with Crippen molar-refractivity contribution in [3.05, 3.63) is 42.1 Å². The maximum absolute atomic E-state index is 10.3. The highest BCUT2D eigenvalue weighted by Gasteiger charge is 2.20. The second kappa shape index (κ2) is 6.88.